The van der Waals surface area contributed by atoms with Gasteiger partial charge in [-0.15, -0.1) is 0 Å². The van der Waals surface area contributed by atoms with Crippen LogP contribution in [0, 0.1) is 5.82 Å². The summed E-state index contributed by atoms with van der Waals surface area (Å²) in [7, 11) is 1.21. The number of hydrogen-bond acceptors (Lipinski definition) is 7. The summed E-state index contributed by atoms with van der Waals surface area (Å²) in [5.41, 5.74) is 1.38. The van der Waals surface area contributed by atoms with Gasteiger partial charge in [-0.3, -0.25) is 4.79 Å². The number of amides is 3. The highest BCUT2D eigenvalue weighted by atomic mass is 19.4. The van der Waals surface area contributed by atoms with Crippen molar-refractivity contribution in [2.75, 3.05) is 38.7 Å². The number of hydrogen-bond donors (Lipinski definition) is 4. The van der Waals surface area contributed by atoms with Crippen molar-refractivity contribution in [2.24, 2.45) is 0 Å². The number of carbonyl (C=O) groups excluding carboxylic acids is 3. The number of nitrogens with one attached hydrogen (secondary N) is 4. The van der Waals surface area contributed by atoms with Crippen LogP contribution in [0.25, 0.3) is 0 Å². The molecule has 0 radical (unpaired) electrons. The number of halogens is 4. The van der Waals surface area contributed by atoms with Crippen LogP contribution in [0.2, 0.25) is 0 Å². The Bertz CT molecular complexity index is 1230. The van der Waals surface area contributed by atoms with E-state index in [2.05, 4.69) is 16.0 Å². The zero-order valence-electron chi connectivity index (χ0n) is 24.5. The summed E-state index contributed by atoms with van der Waals surface area (Å²) in [6.07, 6.45) is -4.91. The third-order valence-electron chi connectivity index (χ3n) is 7.08. The fourth-order valence-electron chi connectivity index (χ4n) is 4.88. The molecule has 0 bridgehead atoms. The van der Waals surface area contributed by atoms with E-state index in [0.29, 0.717) is 19.4 Å². The van der Waals surface area contributed by atoms with Gasteiger partial charge in [0.1, 0.15) is 25.0 Å². The fourth-order valence-corrected chi connectivity index (χ4v) is 4.88. The van der Waals surface area contributed by atoms with Crippen LogP contribution >= 0.6 is 0 Å². The van der Waals surface area contributed by atoms with Crippen LogP contribution in [0.1, 0.15) is 43.2 Å². The molecule has 1 aliphatic rings. The molecule has 1 aliphatic heterocycles. The molecule has 3 rings (SSSR count). The summed E-state index contributed by atoms with van der Waals surface area (Å²) < 4.78 is 67.0. The summed E-state index contributed by atoms with van der Waals surface area (Å²) in [4.78, 5) is 37.3. The predicted molar refractivity (Wildman–Crippen MR) is 154 cm³/mol. The second-order valence-corrected chi connectivity index (χ2v) is 10.3. The summed E-state index contributed by atoms with van der Waals surface area (Å²) in [5, 5.41) is 10.2. The minimum absolute atomic E-state index is 0.122. The topological polar surface area (TPSA) is 127 Å². The molecule has 4 atom stereocenters. The maximum atomic E-state index is 15.0. The smallest absolute Gasteiger partial charge is 0.407 e. The second-order valence-electron chi connectivity index (χ2n) is 10.3. The highest BCUT2D eigenvalue weighted by Gasteiger charge is 2.32. The lowest BCUT2D eigenvalue weighted by Crippen LogP contribution is -2.49. The minimum atomic E-state index is -4.54. The van der Waals surface area contributed by atoms with Crippen LogP contribution in [-0.4, -0.2) is 75.9 Å². The Morgan fingerprint density at radius 2 is 1.84 bits per heavy atom. The van der Waals surface area contributed by atoms with Crippen molar-refractivity contribution < 1.29 is 46.2 Å². The molecule has 4 N–H and O–H groups in total. The number of anilines is 1. The van der Waals surface area contributed by atoms with Gasteiger partial charge in [-0.25, -0.2) is 14.0 Å². The number of alkyl halides is 3. The lowest BCUT2D eigenvalue weighted by atomic mass is 9.87. The van der Waals surface area contributed by atoms with Gasteiger partial charge < -0.3 is 35.5 Å². The van der Waals surface area contributed by atoms with Crippen LogP contribution in [0.15, 0.2) is 48.5 Å². The molecule has 44 heavy (non-hydrogen) atoms. The van der Waals surface area contributed by atoms with Gasteiger partial charge in [0.05, 0.1) is 25.9 Å². The van der Waals surface area contributed by atoms with Gasteiger partial charge in [0.25, 0.3) is 0 Å². The third kappa shape index (κ3) is 11.0. The molecule has 1 heterocycles. The van der Waals surface area contributed by atoms with Crippen molar-refractivity contribution >= 4 is 23.8 Å². The van der Waals surface area contributed by atoms with Crippen molar-refractivity contribution in [3.8, 4) is 0 Å². The molecule has 3 amide bonds. The average molecular weight is 627 g/mol. The number of alkyl carbamates (subject to hydrolysis) is 2. The van der Waals surface area contributed by atoms with Crippen molar-refractivity contribution in [3.05, 3.63) is 65.5 Å². The van der Waals surface area contributed by atoms with Crippen molar-refractivity contribution in [1.29, 1.82) is 0 Å². The monoisotopic (exact) mass is 626 g/mol. The summed E-state index contributed by atoms with van der Waals surface area (Å²) in [5.74, 6) is -1.41. The molecular formula is C30H38F4N4O6. The molecule has 10 nitrogen and oxygen atoms in total. The van der Waals surface area contributed by atoms with E-state index >= 15 is 4.39 Å². The minimum Gasteiger partial charge on any atom is -0.453 e. The number of benzene rings is 2. The molecule has 1 fully saturated rings. The van der Waals surface area contributed by atoms with Crippen LogP contribution in [0.4, 0.5) is 32.8 Å². The van der Waals surface area contributed by atoms with Crippen LogP contribution in [0.3, 0.4) is 0 Å². The lowest BCUT2D eigenvalue weighted by Gasteiger charge is -2.30. The van der Waals surface area contributed by atoms with E-state index in [1.165, 1.54) is 19.2 Å². The molecule has 1 saturated heterocycles. The molecule has 0 spiro atoms. The zero-order valence-corrected chi connectivity index (χ0v) is 24.5. The first-order valence-electron chi connectivity index (χ1n) is 14.3. The van der Waals surface area contributed by atoms with Gasteiger partial charge in [0, 0.05) is 23.7 Å². The normalized spacial score (nSPS) is 18.0. The van der Waals surface area contributed by atoms with E-state index < -0.39 is 48.7 Å². The maximum absolute atomic E-state index is 15.0. The molecule has 0 aromatic heterocycles. The first-order chi connectivity index (χ1) is 21.0. The Labute approximate surface area is 253 Å². The maximum Gasteiger partial charge on any atom is 0.407 e. The van der Waals surface area contributed by atoms with Gasteiger partial charge >= 0.3 is 18.4 Å². The van der Waals surface area contributed by atoms with E-state index in [4.69, 9.17) is 14.2 Å². The van der Waals surface area contributed by atoms with Gasteiger partial charge in [-0.05, 0) is 37.0 Å². The van der Waals surface area contributed by atoms with E-state index in [-0.39, 0.29) is 42.9 Å². The summed E-state index contributed by atoms with van der Waals surface area (Å²) in [6, 6.07) is 12.2. The summed E-state index contributed by atoms with van der Waals surface area (Å²) in [6.45, 7) is 0.742. The van der Waals surface area contributed by atoms with Crippen molar-refractivity contribution in [1.82, 2.24) is 16.0 Å². The van der Waals surface area contributed by atoms with E-state index in [1.54, 1.807) is 11.4 Å². The standard InChI is InChI=1S/C30H38F4N4O6/c1-3-8-22(19-9-5-4-6-10-19)26(38-29(41)42-2)27(39)37-25-12-7-11-24(31)23(25)14-13-21-15-35-20(16-43-21)17-44-28(40)36-18-30(32,33)34/h4-7,9-12,20-22,26,35H,3,8,13-18H2,1-2H3,(H,36,40)(H,37,39)(H,38,41)/t20-,21+,22+,26-/m0/s1. The predicted octanol–water partition coefficient (Wildman–Crippen LogP) is 4.65. The second kappa shape index (κ2) is 16.8. The Morgan fingerprint density at radius 3 is 2.48 bits per heavy atom. The average Bonchev–Trinajstić information content (AvgIpc) is 3.00. The number of methoxy groups -OCH3 is 1. The SMILES string of the molecule is CCC[C@H](c1ccccc1)[C@H](NC(=O)OC)C(=O)Nc1cccc(F)c1CC[C@@H]1CN[C@H](COC(=O)NCC(F)(F)F)CO1. The number of carbonyl (C=O) groups is 3. The summed E-state index contributed by atoms with van der Waals surface area (Å²) >= 11 is 0. The lowest BCUT2D eigenvalue weighted by molar-refractivity contribution is -0.124. The molecular weight excluding hydrogens is 588 g/mol. The fraction of sp³-hybridized carbons (Fsp3) is 0.500. The van der Waals surface area contributed by atoms with Crippen LogP contribution < -0.4 is 21.3 Å². The zero-order chi connectivity index (χ0) is 32.1. The first-order valence-corrected chi connectivity index (χ1v) is 14.3. The molecule has 2 aromatic rings. The number of ether oxygens (including phenoxy) is 3. The van der Waals surface area contributed by atoms with Crippen LogP contribution in [0.5, 0.6) is 0 Å². The largest absolute Gasteiger partial charge is 0.453 e. The molecule has 14 heteroatoms. The van der Waals surface area contributed by atoms with Gasteiger partial charge in [0.15, 0.2) is 0 Å². The Morgan fingerprint density at radius 1 is 1.09 bits per heavy atom. The highest BCUT2D eigenvalue weighted by Crippen LogP contribution is 2.28. The first kappa shape index (κ1) is 34.6. The van der Waals surface area contributed by atoms with Crippen molar-refractivity contribution in [3.63, 3.8) is 0 Å². The van der Waals surface area contributed by atoms with E-state index in [9.17, 15) is 27.6 Å². The number of rotatable bonds is 13. The Kier molecular flexibility index (Phi) is 13.2. The quantitative estimate of drug-likeness (QED) is 0.239. The van der Waals surface area contributed by atoms with Crippen molar-refractivity contribution in [2.45, 2.75) is 62.9 Å². The van der Waals surface area contributed by atoms with Gasteiger partial charge in [0.2, 0.25) is 5.91 Å². The Hall–Kier alpha value is -3.91. The third-order valence-corrected chi connectivity index (χ3v) is 7.08. The molecule has 242 valence electrons. The van der Waals surface area contributed by atoms with Crippen LogP contribution in [-0.2, 0) is 25.4 Å². The molecule has 0 unspecified atom stereocenters. The number of morpholine rings is 1. The Balaban J connectivity index is 1.61. The van der Waals surface area contributed by atoms with E-state index in [0.717, 1.165) is 12.0 Å². The van der Waals surface area contributed by atoms with Gasteiger partial charge in [-0.2, -0.15) is 13.2 Å². The van der Waals surface area contributed by atoms with Gasteiger partial charge in [-0.1, -0.05) is 49.7 Å². The highest BCUT2D eigenvalue weighted by molar-refractivity contribution is 5.98. The van der Waals surface area contributed by atoms with E-state index in [1.807, 2.05) is 37.3 Å². The molecule has 2 aromatic carbocycles. The molecule has 0 aliphatic carbocycles. The molecule has 0 saturated carbocycles.